The van der Waals surface area contributed by atoms with Gasteiger partial charge in [0.15, 0.2) is 0 Å². The second-order valence-corrected chi connectivity index (χ2v) is 10.3. The first-order chi connectivity index (χ1) is 11.9. The summed E-state index contributed by atoms with van der Waals surface area (Å²) in [6, 6.07) is 4.38. The number of rotatable bonds is 5. The van der Waals surface area contributed by atoms with Crippen LogP contribution in [0.2, 0.25) is 0 Å². The highest BCUT2D eigenvalue weighted by Gasteiger charge is 2.31. The topological polar surface area (TPSA) is 80.5 Å². The molecule has 3 rings (SSSR count). The Labute approximate surface area is 153 Å². The molecule has 0 bridgehead atoms. The zero-order chi connectivity index (χ0) is 18.0. The summed E-state index contributed by atoms with van der Waals surface area (Å²) in [5, 5.41) is 11.9. The number of sulfonamides is 1. The third-order valence-electron chi connectivity index (χ3n) is 4.98. The van der Waals surface area contributed by atoms with Crippen molar-refractivity contribution in [1.29, 1.82) is 0 Å². The van der Waals surface area contributed by atoms with Crippen molar-refractivity contribution in [3.63, 3.8) is 0 Å². The molecule has 0 aromatic heterocycles. The molecule has 0 unspecified atom stereocenters. The van der Waals surface area contributed by atoms with Crippen LogP contribution in [0.5, 0.6) is 0 Å². The van der Waals surface area contributed by atoms with Crippen LogP contribution in [0, 0.1) is 16.0 Å². The molecule has 1 atom stereocenters. The molecule has 138 valence electrons. The van der Waals surface area contributed by atoms with E-state index in [4.69, 9.17) is 0 Å². The molecule has 0 radical (unpaired) electrons. The molecule has 1 aromatic rings. The number of hydrogen-bond acceptors (Lipinski definition) is 5. The highest BCUT2D eigenvalue weighted by Crippen LogP contribution is 2.40. The zero-order valence-corrected chi connectivity index (χ0v) is 16.0. The fraction of sp³-hybridized carbons (Fsp3) is 0.647. The lowest BCUT2D eigenvalue weighted by Gasteiger charge is -2.30. The maximum absolute atomic E-state index is 12.9. The van der Waals surface area contributed by atoms with E-state index in [1.165, 1.54) is 28.2 Å². The zero-order valence-electron chi connectivity index (χ0n) is 14.4. The summed E-state index contributed by atoms with van der Waals surface area (Å²) in [6.45, 7) is 3.00. The van der Waals surface area contributed by atoms with E-state index in [9.17, 15) is 18.5 Å². The highest BCUT2D eigenvalue weighted by molar-refractivity contribution is 8.00. The van der Waals surface area contributed by atoms with E-state index < -0.39 is 14.9 Å². The van der Waals surface area contributed by atoms with Crippen molar-refractivity contribution in [2.24, 2.45) is 5.92 Å². The smallest absolute Gasteiger partial charge is 0.258 e. The van der Waals surface area contributed by atoms with Gasteiger partial charge < -0.3 is 0 Å². The van der Waals surface area contributed by atoms with E-state index in [0.717, 1.165) is 38.5 Å². The molecule has 0 N–H and O–H groups in total. The van der Waals surface area contributed by atoms with Crippen molar-refractivity contribution in [3.05, 3.63) is 28.3 Å². The maximum atomic E-state index is 12.9. The molecule has 1 aromatic carbocycles. The fourth-order valence-corrected chi connectivity index (χ4v) is 6.55. The Balaban J connectivity index is 1.88. The summed E-state index contributed by atoms with van der Waals surface area (Å²) < 4.78 is 27.2. The summed E-state index contributed by atoms with van der Waals surface area (Å²) in [5.41, 5.74) is -0.0944. The Hall–Kier alpha value is -1.12. The minimum absolute atomic E-state index is 0.0315. The lowest BCUT2D eigenvalue weighted by atomic mass is 10.0. The monoisotopic (exact) mass is 384 g/mol. The lowest BCUT2D eigenvalue weighted by molar-refractivity contribution is -0.388. The molecule has 1 heterocycles. The molecule has 1 saturated heterocycles. The van der Waals surface area contributed by atoms with E-state index >= 15 is 0 Å². The molecule has 0 spiro atoms. The summed E-state index contributed by atoms with van der Waals surface area (Å²) in [7, 11) is -3.68. The van der Waals surface area contributed by atoms with Crippen LogP contribution in [0.4, 0.5) is 5.69 Å². The van der Waals surface area contributed by atoms with Crippen LogP contribution >= 0.6 is 11.8 Å². The molecule has 1 aliphatic heterocycles. The van der Waals surface area contributed by atoms with E-state index in [0.29, 0.717) is 29.2 Å². The van der Waals surface area contributed by atoms with Gasteiger partial charge >= 0.3 is 0 Å². The number of thioether (sulfide) groups is 1. The molecule has 6 nitrogen and oxygen atoms in total. The van der Waals surface area contributed by atoms with Crippen molar-refractivity contribution >= 4 is 27.5 Å². The van der Waals surface area contributed by atoms with Gasteiger partial charge in [-0.1, -0.05) is 19.8 Å². The summed E-state index contributed by atoms with van der Waals surface area (Å²) in [5.74, 6) is 0.315. The number of nitrogens with zero attached hydrogens (tertiary/aromatic N) is 2. The Bertz CT molecular complexity index is 745. The number of nitro groups is 1. The third-order valence-corrected chi connectivity index (χ3v) is 8.25. The van der Waals surface area contributed by atoms with Crippen LogP contribution in [0.15, 0.2) is 28.0 Å². The van der Waals surface area contributed by atoms with Crippen LogP contribution in [0.3, 0.4) is 0 Å². The first kappa shape index (κ1) is 18.7. The largest absolute Gasteiger partial charge is 0.284 e. The van der Waals surface area contributed by atoms with Crippen molar-refractivity contribution in [2.75, 3.05) is 13.1 Å². The molecule has 8 heteroatoms. The Morgan fingerprint density at radius 2 is 1.92 bits per heavy atom. The SMILES string of the molecule is C[C@@H]1CCCN(S(=O)(=O)c2ccc(SC3CCCC3)c([N+](=O)[O-])c2)C1. The quantitative estimate of drug-likeness (QED) is 0.565. The Morgan fingerprint density at radius 3 is 2.56 bits per heavy atom. The number of piperidine rings is 1. The van der Waals surface area contributed by atoms with Crippen LogP contribution in [0.25, 0.3) is 0 Å². The molecule has 2 aliphatic rings. The predicted octanol–water partition coefficient (Wildman–Crippen LogP) is 4.05. The molecular weight excluding hydrogens is 360 g/mol. The summed E-state index contributed by atoms with van der Waals surface area (Å²) in [6.07, 6.45) is 6.29. The van der Waals surface area contributed by atoms with E-state index in [2.05, 4.69) is 0 Å². The van der Waals surface area contributed by atoms with Gasteiger partial charge in [-0.05, 0) is 43.7 Å². The highest BCUT2D eigenvalue weighted by atomic mass is 32.2. The van der Waals surface area contributed by atoms with Gasteiger partial charge in [-0.2, -0.15) is 4.31 Å². The van der Waals surface area contributed by atoms with Gasteiger partial charge in [0.1, 0.15) is 0 Å². The number of nitro benzene ring substituents is 1. The molecule has 1 aliphatic carbocycles. The molecule has 0 amide bonds. The Morgan fingerprint density at radius 1 is 1.20 bits per heavy atom. The first-order valence-corrected chi connectivity index (χ1v) is 11.1. The minimum atomic E-state index is -3.68. The van der Waals surface area contributed by atoms with E-state index in [1.54, 1.807) is 6.07 Å². The van der Waals surface area contributed by atoms with Crippen LogP contribution in [0.1, 0.15) is 45.4 Å². The average Bonchev–Trinajstić information content (AvgIpc) is 3.08. The van der Waals surface area contributed by atoms with Crippen molar-refractivity contribution in [2.45, 2.75) is 60.5 Å². The van der Waals surface area contributed by atoms with E-state index in [1.807, 2.05) is 6.92 Å². The lowest BCUT2D eigenvalue weighted by Crippen LogP contribution is -2.39. The van der Waals surface area contributed by atoms with Gasteiger partial charge in [-0.3, -0.25) is 10.1 Å². The van der Waals surface area contributed by atoms with Crippen molar-refractivity contribution < 1.29 is 13.3 Å². The second kappa shape index (κ2) is 7.63. The average molecular weight is 385 g/mol. The van der Waals surface area contributed by atoms with Gasteiger partial charge in [0.05, 0.1) is 14.7 Å². The fourth-order valence-electron chi connectivity index (χ4n) is 3.60. The van der Waals surface area contributed by atoms with Gasteiger partial charge in [0, 0.05) is 24.4 Å². The van der Waals surface area contributed by atoms with Crippen LogP contribution in [-0.2, 0) is 10.0 Å². The molecule has 1 saturated carbocycles. The summed E-state index contributed by atoms with van der Waals surface area (Å²) in [4.78, 5) is 11.6. The molecular formula is C17H24N2O4S2. The molecule has 2 fully saturated rings. The van der Waals surface area contributed by atoms with Crippen molar-refractivity contribution in [1.82, 2.24) is 4.31 Å². The Kier molecular flexibility index (Phi) is 5.70. The normalized spacial score (nSPS) is 23.0. The standard InChI is InChI=1S/C17H24N2O4S2/c1-13-5-4-10-18(12-13)25(22,23)15-8-9-17(16(11-15)19(20)21)24-14-6-2-3-7-14/h8-9,11,13-14H,2-7,10,12H2,1H3/t13-/m1/s1. The maximum Gasteiger partial charge on any atom is 0.284 e. The third kappa shape index (κ3) is 4.17. The van der Waals surface area contributed by atoms with Gasteiger partial charge in [0.2, 0.25) is 10.0 Å². The van der Waals surface area contributed by atoms with Crippen LogP contribution in [-0.4, -0.2) is 36.0 Å². The molecule has 25 heavy (non-hydrogen) atoms. The summed E-state index contributed by atoms with van der Waals surface area (Å²) >= 11 is 1.51. The minimum Gasteiger partial charge on any atom is -0.258 e. The predicted molar refractivity (Wildman–Crippen MR) is 98.4 cm³/mol. The van der Waals surface area contributed by atoms with E-state index in [-0.39, 0.29) is 10.6 Å². The number of benzene rings is 1. The van der Waals surface area contributed by atoms with Crippen molar-refractivity contribution in [3.8, 4) is 0 Å². The number of hydrogen-bond donors (Lipinski definition) is 0. The van der Waals surface area contributed by atoms with Gasteiger partial charge in [-0.15, -0.1) is 11.8 Å². The first-order valence-electron chi connectivity index (χ1n) is 8.83. The second-order valence-electron chi connectivity index (χ2n) is 7.02. The van der Waals surface area contributed by atoms with Gasteiger partial charge in [0.25, 0.3) is 5.69 Å². The van der Waals surface area contributed by atoms with Gasteiger partial charge in [-0.25, -0.2) is 8.42 Å². The van der Waals surface area contributed by atoms with Crippen LogP contribution < -0.4 is 0 Å².